The van der Waals surface area contributed by atoms with E-state index in [4.69, 9.17) is 9.47 Å². The summed E-state index contributed by atoms with van der Waals surface area (Å²) in [6, 6.07) is 6.18. The van der Waals surface area contributed by atoms with Gasteiger partial charge in [-0.15, -0.1) is 0 Å². The number of methoxy groups -OCH3 is 1. The fraction of sp³-hybridized carbons (Fsp3) is 0.593. The average Bonchev–Trinajstić information content (AvgIpc) is 3.48. The average molecular weight is 482 g/mol. The molecular weight excluding hydrogens is 446 g/mol. The zero-order chi connectivity index (χ0) is 24.9. The van der Waals surface area contributed by atoms with Gasteiger partial charge in [-0.3, -0.25) is 14.4 Å². The van der Waals surface area contributed by atoms with Gasteiger partial charge in [0.2, 0.25) is 17.7 Å². The summed E-state index contributed by atoms with van der Waals surface area (Å²) < 4.78 is 11.6. The number of nitrogens with one attached hydrogen (secondary N) is 2. The van der Waals surface area contributed by atoms with E-state index < -0.39 is 29.6 Å². The number of carbonyl (C=O) groups is 3. The number of hydrogen-bond acceptors (Lipinski definition) is 5. The Hall–Kier alpha value is -2.87. The lowest BCUT2D eigenvalue weighted by molar-refractivity contribution is -0.143. The van der Waals surface area contributed by atoms with Crippen LogP contribution in [0.25, 0.3) is 0 Å². The van der Waals surface area contributed by atoms with E-state index in [9.17, 15) is 14.4 Å². The first-order valence-corrected chi connectivity index (χ1v) is 12.7. The standard InChI is InChI=1S/C27H35N3O5/c1-15(2)30-23(25(32)29-19-11-6-5-8-16(19)3)27-13-12-20(35-27)21(22(27)26(30)33)24(31)28-17-9-7-10-18(14-17)34-4/h7,9-10,12-16,19-23H,5-6,8,11H2,1-4H3,(H,28,31)(H,29,32)/t16-,19-,20-,21+,22-,23-,27-/m1/s1. The van der Waals surface area contributed by atoms with E-state index in [1.807, 2.05) is 26.0 Å². The molecule has 1 aliphatic carbocycles. The Kier molecular flexibility index (Phi) is 6.11. The van der Waals surface area contributed by atoms with Gasteiger partial charge in [-0.25, -0.2) is 0 Å². The fourth-order valence-corrected chi connectivity index (χ4v) is 6.48. The zero-order valence-corrected chi connectivity index (χ0v) is 20.8. The van der Waals surface area contributed by atoms with Crippen molar-refractivity contribution in [2.45, 2.75) is 76.3 Å². The van der Waals surface area contributed by atoms with Crippen LogP contribution in [-0.2, 0) is 19.1 Å². The van der Waals surface area contributed by atoms with Crippen LogP contribution in [-0.4, -0.2) is 59.6 Å². The van der Waals surface area contributed by atoms with Crippen molar-refractivity contribution in [1.82, 2.24) is 10.2 Å². The molecule has 3 fully saturated rings. The Morgan fingerprint density at radius 2 is 1.97 bits per heavy atom. The molecular formula is C27H35N3O5. The van der Waals surface area contributed by atoms with Crippen molar-refractivity contribution >= 4 is 23.4 Å². The number of likely N-dealkylation sites (tertiary alicyclic amines) is 1. The van der Waals surface area contributed by atoms with Gasteiger partial charge in [-0.1, -0.05) is 38.0 Å². The molecule has 0 aromatic heterocycles. The third kappa shape index (κ3) is 3.82. The van der Waals surface area contributed by atoms with Gasteiger partial charge in [-0.05, 0) is 44.7 Å². The molecule has 2 saturated heterocycles. The number of fused-ring (bicyclic) bond motifs is 1. The molecule has 3 aliphatic heterocycles. The van der Waals surface area contributed by atoms with Crippen molar-refractivity contribution in [3.63, 3.8) is 0 Å². The lowest BCUT2D eigenvalue weighted by Crippen LogP contribution is -2.58. The summed E-state index contributed by atoms with van der Waals surface area (Å²) in [5.74, 6) is -1.12. The molecule has 1 spiro atoms. The van der Waals surface area contributed by atoms with Gasteiger partial charge in [-0.2, -0.15) is 0 Å². The smallest absolute Gasteiger partial charge is 0.246 e. The Morgan fingerprint density at radius 3 is 2.69 bits per heavy atom. The lowest BCUT2D eigenvalue weighted by Gasteiger charge is -2.37. The quantitative estimate of drug-likeness (QED) is 0.609. The number of hydrogen-bond donors (Lipinski definition) is 2. The summed E-state index contributed by atoms with van der Waals surface area (Å²) in [7, 11) is 1.57. The summed E-state index contributed by atoms with van der Waals surface area (Å²) in [4.78, 5) is 42.6. The zero-order valence-electron chi connectivity index (χ0n) is 20.8. The van der Waals surface area contributed by atoms with E-state index in [2.05, 4.69) is 17.6 Å². The molecule has 35 heavy (non-hydrogen) atoms. The molecule has 188 valence electrons. The van der Waals surface area contributed by atoms with Crippen molar-refractivity contribution in [2.24, 2.45) is 17.8 Å². The topological polar surface area (TPSA) is 97.0 Å². The molecule has 8 heteroatoms. The summed E-state index contributed by atoms with van der Waals surface area (Å²) in [5, 5.41) is 6.17. The SMILES string of the molecule is COc1cccc(NC(=O)[C@H]2[C@H]3C=C[C@@]4(O3)[C@H]2C(=O)N(C(C)C)[C@@H]4C(=O)N[C@@H]2CCCC[C@H]2C)c1. The van der Waals surface area contributed by atoms with Crippen LogP contribution in [0.5, 0.6) is 5.75 Å². The van der Waals surface area contributed by atoms with Crippen molar-refractivity contribution in [3.8, 4) is 5.75 Å². The second-order valence-electron chi connectivity index (χ2n) is 10.6. The molecule has 2 bridgehead atoms. The number of rotatable bonds is 6. The Morgan fingerprint density at radius 1 is 1.20 bits per heavy atom. The number of benzene rings is 1. The van der Waals surface area contributed by atoms with Gasteiger partial charge < -0.3 is 25.0 Å². The van der Waals surface area contributed by atoms with Crippen LogP contribution in [0.2, 0.25) is 0 Å². The molecule has 3 heterocycles. The monoisotopic (exact) mass is 481 g/mol. The van der Waals surface area contributed by atoms with E-state index in [0.29, 0.717) is 17.4 Å². The predicted molar refractivity (Wildman–Crippen MR) is 131 cm³/mol. The van der Waals surface area contributed by atoms with Crippen LogP contribution >= 0.6 is 0 Å². The molecule has 3 amide bonds. The number of nitrogens with zero attached hydrogens (tertiary/aromatic N) is 1. The summed E-state index contributed by atoms with van der Waals surface area (Å²) in [6.45, 7) is 5.98. The Balaban J connectivity index is 1.43. The minimum absolute atomic E-state index is 0.0885. The molecule has 4 aliphatic rings. The minimum atomic E-state index is -1.13. The molecule has 0 radical (unpaired) electrons. The van der Waals surface area contributed by atoms with E-state index in [1.165, 1.54) is 6.42 Å². The van der Waals surface area contributed by atoms with Gasteiger partial charge in [0.25, 0.3) is 0 Å². The van der Waals surface area contributed by atoms with Crippen LogP contribution < -0.4 is 15.4 Å². The highest BCUT2D eigenvalue weighted by molar-refractivity contribution is 6.03. The first-order valence-electron chi connectivity index (χ1n) is 12.7. The van der Waals surface area contributed by atoms with Crippen LogP contribution in [0.4, 0.5) is 5.69 Å². The number of anilines is 1. The molecule has 8 nitrogen and oxygen atoms in total. The van der Waals surface area contributed by atoms with E-state index >= 15 is 0 Å². The predicted octanol–water partition coefficient (Wildman–Crippen LogP) is 2.89. The highest BCUT2D eigenvalue weighted by Gasteiger charge is 2.73. The second-order valence-corrected chi connectivity index (χ2v) is 10.6. The molecule has 1 saturated carbocycles. The van der Waals surface area contributed by atoms with Gasteiger partial charge in [0.05, 0.1) is 25.0 Å². The molecule has 1 aromatic rings. The Labute approximate surface area is 206 Å². The molecule has 5 rings (SSSR count). The first-order chi connectivity index (χ1) is 16.8. The molecule has 2 N–H and O–H groups in total. The number of ether oxygens (including phenoxy) is 2. The van der Waals surface area contributed by atoms with Gasteiger partial charge >= 0.3 is 0 Å². The summed E-state index contributed by atoms with van der Waals surface area (Å²) in [6.07, 6.45) is 7.44. The van der Waals surface area contributed by atoms with Crippen molar-refractivity contribution in [2.75, 3.05) is 12.4 Å². The minimum Gasteiger partial charge on any atom is -0.497 e. The fourth-order valence-electron chi connectivity index (χ4n) is 6.48. The summed E-state index contributed by atoms with van der Waals surface area (Å²) >= 11 is 0. The van der Waals surface area contributed by atoms with Gasteiger partial charge in [0, 0.05) is 23.8 Å². The third-order valence-electron chi connectivity index (χ3n) is 8.20. The highest BCUT2D eigenvalue weighted by atomic mass is 16.5. The van der Waals surface area contributed by atoms with Crippen LogP contribution in [0.3, 0.4) is 0 Å². The first kappa shape index (κ1) is 23.9. The van der Waals surface area contributed by atoms with Crippen molar-refractivity contribution in [3.05, 3.63) is 36.4 Å². The van der Waals surface area contributed by atoms with E-state index in [0.717, 1.165) is 19.3 Å². The molecule has 0 unspecified atom stereocenters. The van der Waals surface area contributed by atoms with Crippen LogP contribution in [0.1, 0.15) is 46.5 Å². The van der Waals surface area contributed by atoms with Crippen molar-refractivity contribution < 1.29 is 23.9 Å². The maximum Gasteiger partial charge on any atom is 0.246 e. The maximum absolute atomic E-state index is 13.8. The van der Waals surface area contributed by atoms with E-state index in [1.54, 1.807) is 36.3 Å². The van der Waals surface area contributed by atoms with E-state index in [-0.39, 0.29) is 29.8 Å². The second kappa shape index (κ2) is 8.97. The molecule has 7 atom stereocenters. The van der Waals surface area contributed by atoms with Crippen LogP contribution in [0.15, 0.2) is 36.4 Å². The van der Waals surface area contributed by atoms with Crippen LogP contribution in [0, 0.1) is 17.8 Å². The van der Waals surface area contributed by atoms with Gasteiger partial charge in [0.15, 0.2) is 0 Å². The van der Waals surface area contributed by atoms with Gasteiger partial charge in [0.1, 0.15) is 17.4 Å². The molecule has 1 aromatic carbocycles. The number of carbonyl (C=O) groups excluding carboxylic acids is 3. The summed E-state index contributed by atoms with van der Waals surface area (Å²) in [5.41, 5.74) is -0.549. The highest BCUT2D eigenvalue weighted by Crippen LogP contribution is 2.55. The third-order valence-corrected chi connectivity index (χ3v) is 8.20. The largest absolute Gasteiger partial charge is 0.497 e. The normalized spacial score (nSPS) is 35.3. The lowest BCUT2D eigenvalue weighted by atomic mass is 9.74. The number of amides is 3. The van der Waals surface area contributed by atoms with Crippen molar-refractivity contribution in [1.29, 1.82) is 0 Å². The Bertz CT molecular complexity index is 1060. The maximum atomic E-state index is 13.8.